The maximum Gasteiger partial charge on any atom is 0.121 e. The Bertz CT molecular complexity index is 836. The lowest BCUT2D eigenvalue weighted by atomic mass is 9.76. The second-order valence-corrected chi connectivity index (χ2v) is 8.16. The number of nitrogens with zero attached hydrogens (tertiary/aromatic N) is 2. The van der Waals surface area contributed by atoms with Crippen molar-refractivity contribution in [2.45, 2.75) is 44.7 Å². The number of nitrogens with one attached hydrogen (secondary N) is 1. The predicted molar refractivity (Wildman–Crippen MR) is 106 cm³/mol. The highest BCUT2D eigenvalue weighted by Gasteiger charge is 2.38. The van der Waals surface area contributed by atoms with Crippen molar-refractivity contribution >= 4 is 11.0 Å². The minimum absolute atomic E-state index is 0.759. The fraction of sp³-hybridized carbons (Fsp3) is 0.435. The molecule has 134 valence electrons. The molecule has 1 saturated heterocycles. The van der Waals surface area contributed by atoms with Gasteiger partial charge in [0.2, 0.25) is 0 Å². The van der Waals surface area contributed by atoms with Crippen LogP contribution in [-0.4, -0.2) is 27.5 Å². The largest absolute Gasteiger partial charge is 0.341 e. The van der Waals surface area contributed by atoms with Gasteiger partial charge >= 0.3 is 0 Å². The molecule has 2 aliphatic rings. The molecule has 1 aromatic heterocycles. The van der Waals surface area contributed by atoms with Crippen molar-refractivity contribution in [3.8, 4) is 0 Å². The Labute approximate surface area is 155 Å². The summed E-state index contributed by atoms with van der Waals surface area (Å²) in [5.74, 6) is 2.87. The molecule has 3 heteroatoms. The third-order valence-corrected chi connectivity index (χ3v) is 6.47. The predicted octanol–water partition coefficient (Wildman–Crippen LogP) is 4.80. The van der Waals surface area contributed by atoms with Crippen molar-refractivity contribution in [2.24, 2.45) is 11.8 Å². The number of aromatic nitrogens is 2. The first kappa shape index (κ1) is 16.1. The molecule has 2 aromatic carbocycles. The minimum atomic E-state index is 0.759. The third-order valence-electron chi connectivity index (χ3n) is 6.47. The third kappa shape index (κ3) is 3.16. The summed E-state index contributed by atoms with van der Waals surface area (Å²) in [5.41, 5.74) is 3.75. The summed E-state index contributed by atoms with van der Waals surface area (Å²) in [6, 6.07) is 20.1. The zero-order valence-electron chi connectivity index (χ0n) is 15.3. The van der Waals surface area contributed by atoms with E-state index in [1.807, 2.05) is 0 Å². The lowest BCUT2D eigenvalue weighted by molar-refractivity contribution is 0.144. The Hall–Kier alpha value is -2.13. The van der Waals surface area contributed by atoms with Crippen molar-refractivity contribution in [2.75, 3.05) is 6.54 Å². The Morgan fingerprint density at radius 2 is 1.81 bits per heavy atom. The highest BCUT2D eigenvalue weighted by Crippen LogP contribution is 2.40. The van der Waals surface area contributed by atoms with Gasteiger partial charge in [-0.25, -0.2) is 4.98 Å². The van der Waals surface area contributed by atoms with Crippen molar-refractivity contribution in [1.82, 2.24) is 14.9 Å². The standard InChI is InChI=1S/C23H27N3/c1-2-6-17(7-3-1)14-18-10-11-22-19(15-18)12-13-26(22)16-23-24-20-8-4-5-9-21(20)25-23/h1-9,18-19,22H,10-16H2,(H,24,25)/t18-,19+,22-/m1/s1. The number of H-pyrrole nitrogens is 1. The van der Waals surface area contributed by atoms with Crippen molar-refractivity contribution in [3.63, 3.8) is 0 Å². The summed E-state index contributed by atoms with van der Waals surface area (Å²) < 4.78 is 0. The number of para-hydroxylation sites is 2. The SMILES string of the molecule is c1ccc(C[C@H]2CC[C@@H]3[C@@H](CCN3Cc3nc4ccccc4[nH]3)C2)cc1. The molecule has 0 spiro atoms. The summed E-state index contributed by atoms with van der Waals surface area (Å²) in [7, 11) is 0. The Balaban J connectivity index is 1.23. The van der Waals surface area contributed by atoms with Gasteiger partial charge < -0.3 is 4.98 Å². The van der Waals surface area contributed by atoms with Crippen LogP contribution in [0.3, 0.4) is 0 Å². The summed E-state index contributed by atoms with van der Waals surface area (Å²) in [6.45, 7) is 2.20. The van der Waals surface area contributed by atoms with Crippen LogP contribution in [0.4, 0.5) is 0 Å². The van der Waals surface area contributed by atoms with Crippen LogP contribution in [0, 0.1) is 11.8 Å². The van der Waals surface area contributed by atoms with Crippen LogP contribution in [-0.2, 0) is 13.0 Å². The first-order chi connectivity index (χ1) is 12.8. The van der Waals surface area contributed by atoms with E-state index in [1.165, 1.54) is 44.2 Å². The lowest BCUT2D eigenvalue weighted by Gasteiger charge is -2.35. The molecule has 3 atom stereocenters. The number of rotatable bonds is 4. The molecule has 3 aromatic rings. The van der Waals surface area contributed by atoms with Gasteiger partial charge in [-0.2, -0.15) is 0 Å². The van der Waals surface area contributed by atoms with Gasteiger partial charge in [0.25, 0.3) is 0 Å². The molecule has 5 rings (SSSR count). The summed E-state index contributed by atoms with van der Waals surface area (Å²) in [6.07, 6.45) is 6.73. The molecule has 1 saturated carbocycles. The first-order valence-corrected chi connectivity index (χ1v) is 10.1. The van der Waals surface area contributed by atoms with Gasteiger partial charge in [0.1, 0.15) is 5.82 Å². The van der Waals surface area contributed by atoms with E-state index >= 15 is 0 Å². The van der Waals surface area contributed by atoms with Crippen LogP contribution in [0.1, 0.15) is 37.1 Å². The van der Waals surface area contributed by atoms with E-state index in [9.17, 15) is 0 Å². The molecule has 0 unspecified atom stereocenters. The van der Waals surface area contributed by atoms with Crippen molar-refractivity contribution in [3.05, 3.63) is 66.0 Å². The molecular weight excluding hydrogens is 318 g/mol. The number of aromatic amines is 1. The van der Waals surface area contributed by atoms with Crippen LogP contribution >= 0.6 is 0 Å². The molecule has 0 bridgehead atoms. The molecule has 1 N–H and O–H groups in total. The van der Waals surface area contributed by atoms with E-state index in [0.29, 0.717) is 0 Å². The fourth-order valence-corrected chi connectivity index (χ4v) is 5.24. The minimum Gasteiger partial charge on any atom is -0.341 e. The molecule has 2 fully saturated rings. The van der Waals surface area contributed by atoms with E-state index in [1.54, 1.807) is 0 Å². The Kier molecular flexibility index (Phi) is 4.25. The highest BCUT2D eigenvalue weighted by atomic mass is 15.2. The van der Waals surface area contributed by atoms with Gasteiger partial charge in [-0.05, 0) is 68.2 Å². The van der Waals surface area contributed by atoms with Crippen LogP contribution in [0.25, 0.3) is 11.0 Å². The van der Waals surface area contributed by atoms with Crippen molar-refractivity contribution < 1.29 is 0 Å². The van der Waals surface area contributed by atoms with E-state index in [2.05, 4.69) is 64.5 Å². The number of fused-ring (bicyclic) bond motifs is 2. The van der Waals surface area contributed by atoms with Gasteiger partial charge in [-0.15, -0.1) is 0 Å². The molecule has 0 radical (unpaired) electrons. The van der Waals surface area contributed by atoms with Crippen LogP contribution in [0.15, 0.2) is 54.6 Å². The van der Waals surface area contributed by atoms with Crippen LogP contribution < -0.4 is 0 Å². The number of benzene rings is 2. The average Bonchev–Trinajstić information content (AvgIpc) is 3.26. The van der Waals surface area contributed by atoms with Gasteiger partial charge in [-0.3, -0.25) is 4.90 Å². The summed E-state index contributed by atoms with van der Waals surface area (Å²) >= 11 is 0. The second kappa shape index (κ2) is 6.88. The number of hydrogen-bond acceptors (Lipinski definition) is 2. The monoisotopic (exact) mass is 345 g/mol. The van der Waals surface area contributed by atoms with Crippen LogP contribution in [0.2, 0.25) is 0 Å². The van der Waals surface area contributed by atoms with Gasteiger partial charge in [0, 0.05) is 6.04 Å². The highest BCUT2D eigenvalue weighted by molar-refractivity contribution is 5.74. The molecule has 2 heterocycles. The zero-order valence-corrected chi connectivity index (χ0v) is 15.3. The molecule has 1 aliphatic heterocycles. The maximum absolute atomic E-state index is 4.79. The Morgan fingerprint density at radius 3 is 2.69 bits per heavy atom. The number of likely N-dealkylation sites (tertiary alicyclic amines) is 1. The topological polar surface area (TPSA) is 31.9 Å². The van der Waals surface area contributed by atoms with E-state index in [4.69, 9.17) is 4.98 Å². The molecule has 0 amide bonds. The summed E-state index contributed by atoms with van der Waals surface area (Å²) in [4.78, 5) is 11.0. The molecule has 26 heavy (non-hydrogen) atoms. The van der Waals surface area contributed by atoms with E-state index in [0.717, 1.165) is 41.3 Å². The quantitative estimate of drug-likeness (QED) is 0.737. The first-order valence-electron chi connectivity index (χ1n) is 10.1. The maximum atomic E-state index is 4.79. The summed E-state index contributed by atoms with van der Waals surface area (Å²) in [5, 5.41) is 0. The smallest absolute Gasteiger partial charge is 0.121 e. The normalized spacial score (nSPS) is 26.2. The number of hydrogen-bond donors (Lipinski definition) is 1. The average molecular weight is 345 g/mol. The van der Waals surface area contributed by atoms with Gasteiger partial charge in [0.15, 0.2) is 0 Å². The van der Waals surface area contributed by atoms with Gasteiger partial charge in [-0.1, -0.05) is 42.5 Å². The fourth-order valence-electron chi connectivity index (χ4n) is 5.24. The van der Waals surface area contributed by atoms with Gasteiger partial charge in [0.05, 0.1) is 17.6 Å². The second-order valence-electron chi connectivity index (χ2n) is 8.16. The molecular formula is C23H27N3. The van der Waals surface area contributed by atoms with Crippen LogP contribution in [0.5, 0.6) is 0 Å². The van der Waals surface area contributed by atoms with E-state index in [-0.39, 0.29) is 0 Å². The van der Waals surface area contributed by atoms with Crippen molar-refractivity contribution in [1.29, 1.82) is 0 Å². The molecule has 1 aliphatic carbocycles. The zero-order chi connectivity index (χ0) is 17.3. The molecule has 3 nitrogen and oxygen atoms in total. The Morgan fingerprint density at radius 1 is 0.962 bits per heavy atom. The van der Waals surface area contributed by atoms with E-state index < -0.39 is 0 Å². The number of imidazole rings is 1. The lowest BCUT2D eigenvalue weighted by Crippen LogP contribution is -2.37.